The number of carbonyl (C=O) groups is 1. The molecular formula is C9H11N5O2. The quantitative estimate of drug-likeness (QED) is 0.449. The number of likely N-dealkylation sites (tertiary alicyclic amines) is 1. The van der Waals surface area contributed by atoms with Gasteiger partial charge in [-0.05, 0) is 12.8 Å². The van der Waals surface area contributed by atoms with Crippen LogP contribution in [0.4, 0.5) is 0 Å². The fourth-order valence-corrected chi connectivity index (χ4v) is 1.69. The highest BCUT2D eigenvalue weighted by atomic mass is 16.5. The topological polar surface area (TPSA) is 90.7 Å². The van der Waals surface area contributed by atoms with Crippen LogP contribution in [0.3, 0.4) is 0 Å². The van der Waals surface area contributed by atoms with Crippen molar-refractivity contribution in [2.45, 2.75) is 12.8 Å². The first-order valence-corrected chi connectivity index (χ1v) is 4.99. The first-order chi connectivity index (χ1) is 7.76. The Morgan fingerprint density at radius 2 is 2.12 bits per heavy atom. The van der Waals surface area contributed by atoms with Crippen LogP contribution in [0.25, 0.3) is 5.53 Å². The molecule has 0 saturated carbocycles. The van der Waals surface area contributed by atoms with E-state index in [-0.39, 0.29) is 23.5 Å². The van der Waals surface area contributed by atoms with Gasteiger partial charge in [0.25, 0.3) is 5.91 Å². The van der Waals surface area contributed by atoms with Crippen molar-refractivity contribution in [3.63, 3.8) is 0 Å². The van der Waals surface area contributed by atoms with E-state index in [9.17, 15) is 4.79 Å². The Kier molecular flexibility index (Phi) is 2.78. The summed E-state index contributed by atoms with van der Waals surface area (Å²) in [5.41, 5.74) is 8.76. The molecule has 7 nitrogen and oxygen atoms in total. The van der Waals surface area contributed by atoms with Gasteiger partial charge in [-0.25, -0.2) is 0 Å². The Bertz CT molecular complexity index is 427. The highest BCUT2D eigenvalue weighted by Crippen LogP contribution is 2.10. The van der Waals surface area contributed by atoms with Crippen LogP contribution in [0.5, 0.6) is 0 Å². The molecule has 2 aliphatic rings. The van der Waals surface area contributed by atoms with Gasteiger partial charge in [0.05, 0.1) is 7.11 Å². The van der Waals surface area contributed by atoms with Gasteiger partial charge in [-0.15, -0.1) is 0 Å². The number of carbonyl (C=O) groups excluding carboxylic acids is 1. The predicted octanol–water partition coefficient (Wildman–Crippen LogP) is -0.306. The number of aliphatic imine (C=N–C) groups is 2. The van der Waals surface area contributed by atoms with Gasteiger partial charge in [-0.3, -0.25) is 4.79 Å². The summed E-state index contributed by atoms with van der Waals surface area (Å²) in [7, 11) is 1.39. The Hall–Kier alpha value is -2.01. The predicted molar refractivity (Wildman–Crippen MR) is 56.3 cm³/mol. The molecule has 0 atom stereocenters. The molecule has 0 radical (unpaired) electrons. The monoisotopic (exact) mass is 221 g/mol. The van der Waals surface area contributed by atoms with E-state index in [2.05, 4.69) is 14.8 Å². The molecule has 84 valence electrons. The van der Waals surface area contributed by atoms with Gasteiger partial charge in [0.15, 0.2) is 0 Å². The van der Waals surface area contributed by atoms with Gasteiger partial charge < -0.3 is 20.0 Å². The molecular weight excluding hydrogens is 210 g/mol. The van der Waals surface area contributed by atoms with Gasteiger partial charge >= 0.3 is 11.9 Å². The van der Waals surface area contributed by atoms with Crippen LogP contribution in [-0.4, -0.2) is 53.4 Å². The summed E-state index contributed by atoms with van der Waals surface area (Å²) in [6.07, 6.45) is 1.98. The molecule has 0 unspecified atom stereocenters. The molecule has 1 fully saturated rings. The zero-order valence-electron chi connectivity index (χ0n) is 8.88. The first-order valence-electron chi connectivity index (χ1n) is 4.99. The number of amides is 1. The fourth-order valence-electron chi connectivity index (χ4n) is 1.69. The first kappa shape index (κ1) is 10.5. The van der Waals surface area contributed by atoms with E-state index >= 15 is 0 Å². The number of hydrogen-bond acceptors (Lipinski definition) is 3. The molecule has 2 heterocycles. The molecule has 0 spiro atoms. The molecule has 0 aromatic heterocycles. The molecule has 0 aromatic carbocycles. The third-order valence-corrected chi connectivity index (χ3v) is 2.49. The summed E-state index contributed by atoms with van der Waals surface area (Å²) in [5.74, 6) is -0.352. The van der Waals surface area contributed by atoms with Crippen molar-refractivity contribution in [1.82, 2.24) is 4.90 Å². The van der Waals surface area contributed by atoms with Crippen molar-refractivity contribution < 1.29 is 14.3 Å². The summed E-state index contributed by atoms with van der Waals surface area (Å²) in [5, 5.41) is 0. The van der Waals surface area contributed by atoms with Crippen LogP contribution in [0.1, 0.15) is 12.8 Å². The largest absolute Gasteiger partial charge is 0.497 e. The summed E-state index contributed by atoms with van der Waals surface area (Å²) in [6, 6.07) is 0.0374. The zero-order valence-corrected chi connectivity index (χ0v) is 8.88. The van der Waals surface area contributed by atoms with E-state index in [4.69, 9.17) is 10.3 Å². The molecule has 1 amide bonds. The van der Waals surface area contributed by atoms with E-state index < -0.39 is 0 Å². The molecule has 2 aliphatic heterocycles. The van der Waals surface area contributed by atoms with Crippen LogP contribution in [0.2, 0.25) is 0 Å². The van der Waals surface area contributed by atoms with E-state index in [1.807, 2.05) is 0 Å². The maximum Gasteiger partial charge on any atom is 0.438 e. The van der Waals surface area contributed by atoms with Gasteiger partial charge in [0.1, 0.15) is 0 Å². The van der Waals surface area contributed by atoms with E-state index in [1.54, 1.807) is 4.90 Å². The smallest absolute Gasteiger partial charge is 0.438 e. The summed E-state index contributed by atoms with van der Waals surface area (Å²) in [4.78, 5) is 24.2. The van der Waals surface area contributed by atoms with Crippen molar-refractivity contribution in [2.75, 3.05) is 20.2 Å². The van der Waals surface area contributed by atoms with Crippen molar-refractivity contribution in [3.05, 3.63) is 5.53 Å². The van der Waals surface area contributed by atoms with Crippen LogP contribution < -0.4 is 0 Å². The average Bonchev–Trinajstić information content (AvgIpc) is 2.96. The third kappa shape index (κ3) is 1.72. The van der Waals surface area contributed by atoms with Crippen molar-refractivity contribution in [1.29, 1.82) is 0 Å². The lowest BCUT2D eigenvalue weighted by molar-refractivity contribution is -0.123. The Labute approximate surface area is 92.1 Å². The second kappa shape index (κ2) is 4.24. The fraction of sp³-hybridized carbons (Fsp3) is 0.556. The molecule has 16 heavy (non-hydrogen) atoms. The second-order valence-electron chi connectivity index (χ2n) is 3.48. The van der Waals surface area contributed by atoms with Crippen molar-refractivity contribution >= 4 is 23.5 Å². The Morgan fingerprint density at radius 1 is 1.44 bits per heavy atom. The standard InChI is InChI=1S/C9H11N5O2/c1-16-9-11-6(7(12-9)13-10)8(15)14-4-2-3-5-14/h2-5H2,1H3. The molecule has 0 aliphatic carbocycles. The SMILES string of the molecule is COC1=NC(=[N+]=[N-])C(C(=O)N2CCCC2)=N1. The minimum absolute atomic E-state index is 0.0374. The summed E-state index contributed by atoms with van der Waals surface area (Å²) >= 11 is 0. The van der Waals surface area contributed by atoms with Crippen molar-refractivity contribution in [3.8, 4) is 0 Å². The number of hydrogen-bond donors (Lipinski definition) is 0. The lowest BCUT2D eigenvalue weighted by Gasteiger charge is -2.12. The molecule has 0 N–H and O–H groups in total. The van der Waals surface area contributed by atoms with Crippen LogP contribution >= 0.6 is 0 Å². The summed E-state index contributed by atoms with van der Waals surface area (Å²) < 4.78 is 4.79. The Morgan fingerprint density at radius 3 is 2.69 bits per heavy atom. The minimum Gasteiger partial charge on any atom is -0.497 e. The van der Waals surface area contributed by atoms with Gasteiger partial charge in [0.2, 0.25) is 5.71 Å². The lowest BCUT2D eigenvalue weighted by Crippen LogP contribution is -2.37. The average molecular weight is 221 g/mol. The van der Waals surface area contributed by atoms with E-state index in [1.165, 1.54) is 7.11 Å². The number of amidine groups is 2. The highest BCUT2D eigenvalue weighted by molar-refractivity contribution is 6.68. The van der Waals surface area contributed by atoms with Gasteiger partial charge in [-0.2, -0.15) is 4.99 Å². The number of methoxy groups -OCH3 is 1. The van der Waals surface area contributed by atoms with Crippen LogP contribution in [0, 0.1) is 0 Å². The van der Waals surface area contributed by atoms with Gasteiger partial charge in [0, 0.05) is 18.1 Å². The minimum atomic E-state index is -0.263. The lowest BCUT2D eigenvalue weighted by atomic mass is 10.3. The van der Waals surface area contributed by atoms with Gasteiger partial charge in [-0.1, -0.05) is 0 Å². The van der Waals surface area contributed by atoms with E-state index in [0.29, 0.717) is 13.1 Å². The molecule has 2 rings (SSSR count). The number of rotatable bonds is 1. The van der Waals surface area contributed by atoms with Crippen LogP contribution in [-0.2, 0) is 9.53 Å². The van der Waals surface area contributed by atoms with E-state index in [0.717, 1.165) is 12.8 Å². The number of nitrogens with zero attached hydrogens (tertiary/aromatic N) is 5. The maximum atomic E-state index is 12.0. The number of ether oxygens (including phenoxy) is 1. The second-order valence-corrected chi connectivity index (χ2v) is 3.48. The normalized spacial score (nSPS) is 19.3. The third-order valence-electron chi connectivity index (χ3n) is 2.49. The Balaban J connectivity index is 2.21. The van der Waals surface area contributed by atoms with Crippen LogP contribution in [0.15, 0.2) is 9.98 Å². The molecule has 0 aromatic rings. The highest BCUT2D eigenvalue weighted by Gasteiger charge is 2.37. The maximum absolute atomic E-state index is 12.0. The molecule has 7 heteroatoms. The molecule has 1 saturated heterocycles. The van der Waals surface area contributed by atoms with Crippen molar-refractivity contribution in [2.24, 2.45) is 9.98 Å². The molecule has 0 bridgehead atoms. The zero-order chi connectivity index (χ0) is 11.5. The summed E-state index contributed by atoms with van der Waals surface area (Å²) in [6.45, 7) is 1.41.